The van der Waals surface area contributed by atoms with Gasteiger partial charge in [0.05, 0.1) is 5.92 Å². The van der Waals surface area contributed by atoms with E-state index in [4.69, 9.17) is 0 Å². The van der Waals surface area contributed by atoms with Crippen molar-refractivity contribution in [2.75, 3.05) is 31.1 Å². The van der Waals surface area contributed by atoms with Crippen molar-refractivity contribution in [3.05, 3.63) is 59.8 Å². The first-order valence-corrected chi connectivity index (χ1v) is 9.58. The average Bonchev–Trinajstić information content (AvgIpc) is 2.68. The Kier molecular flexibility index (Phi) is 5.92. The zero-order valence-corrected chi connectivity index (χ0v) is 16.1. The van der Waals surface area contributed by atoms with E-state index < -0.39 is 0 Å². The number of pyridine rings is 1. The summed E-state index contributed by atoms with van der Waals surface area (Å²) >= 11 is 0. The lowest BCUT2D eigenvalue weighted by Crippen LogP contribution is -2.50. The van der Waals surface area contributed by atoms with E-state index in [9.17, 15) is 4.79 Å². The van der Waals surface area contributed by atoms with Gasteiger partial charge in [0.2, 0.25) is 5.91 Å². The highest BCUT2D eigenvalue weighted by Crippen LogP contribution is 2.21. The van der Waals surface area contributed by atoms with Gasteiger partial charge in [-0.05, 0) is 42.5 Å². The predicted octanol–water partition coefficient (Wildman–Crippen LogP) is 3.73. The molecule has 1 fully saturated rings. The first-order valence-electron chi connectivity index (χ1n) is 9.58. The molecule has 26 heavy (non-hydrogen) atoms. The van der Waals surface area contributed by atoms with Crippen LogP contribution in [0.4, 0.5) is 5.82 Å². The molecule has 1 aliphatic heterocycles. The molecule has 138 valence electrons. The number of hydrogen-bond acceptors (Lipinski definition) is 3. The summed E-state index contributed by atoms with van der Waals surface area (Å²) in [6.07, 6.45) is 2.90. The van der Waals surface area contributed by atoms with Gasteiger partial charge in [-0.25, -0.2) is 4.98 Å². The Labute approximate surface area is 156 Å². The molecule has 4 nitrogen and oxygen atoms in total. The molecule has 3 rings (SSSR count). The van der Waals surface area contributed by atoms with Gasteiger partial charge in [-0.2, -0.15) is 0 Å². The van der Waals surface area contributed by atoms with Crippen molar-refractivity contribution in [1.29, 1.82) is 0 Å². The van der Waals surface area contributed by atoms with Crippen LogP contribution in [0.3, 0.4) is 0 Å². The number of benzene rings is 1. The minimum atomic E-state index is -0.0931. The van der Waals surface area contributed by atoms with Gasteiger partial charge in [0.15, 0.2) is 0 Å². The van der Waals surface area contributed by atoms with Crippen molar-refractivity contribution in [1.82, 2.24) is 9.88 Å². The summed E-state index contributed by atoms with van der Waals surface area (Å²) in [5, 5.41) is 0. The van der Waals surface area contributed by atoms with Gasteiger partial charge in [-0.3, -0.25) is 4.79 Å². The van der Waals surface area contributed by atoms with E-state index in [2.05, 4.69) is 48.0 Å². The predicted molar refractivity (Wildman–Crippen MR) is 106 cm³/mol. The van der Waals surface area contributed by atoms with E-state index in [0.29, 0.717) is 5.92 Å². The Morgan fingerprint density at radius 1 is 1.00 bits per heavy atom. The normalized spacial score (nSPS) is 16.0. The second kappa shape index (κ2) is 8.35. The summed E-state index contributed by atoms with van der Waals surface area (Å²) < 4.78 is 0. The van der Waals surface area contributed by atoms with Gasteiger partial charge in [-0.1, -0.05) is 44.2 Å². The third-order valence-corrected chi connectivity index (χ3v) is 5.06. The maximum Gasteiger partial charge on any atom is 0.229 e. The molecule has 2 heterocycles. The second-order valence-electron chi connectivity index (χ2n) is 7.56. The molecule has 1 aliphatic rings. The van der Waals surface area contributed by atoms with E-state index in [1.54, 1.807) is 0 Å². The van der Waals surface area contributed by atoms with Crippen LogP contribution in [-0.2, 0) is 11.2 Å². The van der Waals surface area contributed by atoms with Crippen molar-refractivity contribution in [2.45, 2.75) is 33.1 Å². The fourth-order valence-electron chi connectivity index (χ4n) is 3.53. The van der Waals surface area contributed by atoms with E-state index in [1.807, 2.05) is 36.2 Å². The Hall–Kier alpha value is -2.36. The number of aromatic nitrogens is 1. The number of nitrogens with zero attached hydrogens (tertiary/aromatic N) is 3. The molecule has 0 radical (unpaired) electrons. The molecule has 0 saturated carbocycles. The van der Waals surface area contributed by atoms with Crippen molar-refractivity contribution in [2.24, 2.45) is 5.92 Å². The molecule has 0 N–H and O–H groups in total. The van der Waals surface area contributed by atoms with Crippen LogP contribution < -0.4 is 4.90 Å². The first kappa shape index (κ1) is 18.4. The lowest BCUT2D eigenvalue weighted by Gasteiger charge is -2.36. The van der Waals surface area contributed by atoms with E-state index in [0.717, 1.165) is 44.0 Å². The maximum atomic E-state index is 12.9. The summed E-state index contributed by atoms with van der Waals surface area (Å²) in [5.74, 6) is 1.77. The molecular weight excluding hydrogens is 322 g/mol. The number of carbonyl (C=O) groups excluding carboxylic acids is 1. The average molecular weight is 351 g/mol. The molecule has 0 spiro atoms. The van der Waals surface area contributed by atoms with Crippen LogP contribution in [0.25, 0.3) is 0 Å². The topological polar surface area (TPSA) is 36.4 Å². The number of piperazine rings is 1. The largest absolute Gasteiger partial charge is 0.353 e. The van der Waals surface area contributed by atoms with Crippen LogP contribution in [0, 0.1) is 5.92 Å². The number of carbonyl (C=O) groups is 1. The van der Waals surface area contributed by atoms with Gasteiger partial charge < -0.3 is 9.80 Å². The molecule has 0 aliphatic carbocycles. The molecule has 2 aromatic rings. The monoisotopic (exact) mass is 351 g/mol. The smallest absolute Gasteiger partial charge is 0.229 e. The van der Waals surface area contributed by atoms with Crippen molar-refractivity contribution in [3.8, 4) is 0 Å². The molecule has 0 bridgehead atoms. The van der Waals surface area contributed by atoms with Crippen LogP contribution in [0.15, 0.2) is 48.7 Å². The minimum absolute atomic E-state index is 0.0931. The number of anilines is 1. The molecule has 4 heteroatoms. The SMILES string of the molecule is CC(C)Cc1ccc([C@@H](C)C(=O)N2CCN(c3ccccn3)CC2)cc1. The van der Waals surface area contributed by atoms with E-state index in [1.165, 1.54) is 5.56 Å². The number of rotatable bonds is 5. The molecular formula is C22H29N3O. The van der Waals surface area contributed by atoms with E-state index >= 15 is 0 Å². The van der Waals surface area contributed by atoms with Crippen LogP contribution >= 0.6 is 0 Å². The van der Waals surface area contributed by atoms with Gasteiger partial charge in [-0.15, -0.1) is 0 Å². The second-order valence-corrected chi connectivity index (χ2v) is 7.56. The Bertz CT molecular complexity index is 704. The van der Waals surface area contributed by atoms with Gasteiger partial charge in [0.25, 0.3) is 0 Å². The van der Waals surface area contributed by atoms with Crippen LogP contribution in [-0.4, -0.2) is 42.0 Å². The van der Waals surface area contributed by atoms with Crippen molar-refractivity contribution >= 4 is 11.7 Å². The standard InChI is InChI=1S/C22H29N3O/c1-17(2)16-19-7-9-20(10-8-19)18(3)22(26)25-14-12-24(13-15-25)21-6-4-5-11-23-21/h4-11,17-18H,12-16H2,1-3H3/t18-/m1/s1. The van der Waals surface area contributed by atoms with Crippen molar-refractivity contribution < 1.29 is 4.79 Å². The highest BCUT2D eigenvalue weighted by atomic mass is 16.2. The molecule has 1 saturated heterocycles. The van der Waals surface area contributed by atoms with Crippen LogP contribution in [0.5, 0.6) is 0 Å². The molecule has 1 amide bonds. The summed E-state index contributed by atoms with van der Waals surface area (Å²) in [4.78, 5) is 21.5. The Morgan fingerprint density at radius 2 is 1.69 bits per heavy atom. The lowest BCUT2D eigenvalue weighted by molar-refractivity contribution is -0.132. The van der Waals surface area contributed by atoms with E-state index in [-0.39, 0.29) is 11.8 Å². The van der Waals surface area contributed by atoms with Crippen molar-refractivity contribution in [3.63, 3.8) is 0 Å². The molecule has 1 aromatic carbocycles. The fourth-order valence-corrected chi connectivity index (χ4v) is 3.53. The highest BCUT2D eigenvalue weighted by molar-refractivity contribution is 5.83. The lowest BCUT2D eigenvalue weighted by atomic mass is 9.95. The van der Waals surface area contributed by atoms with Gasteiger partial charge >= 0.3 is 0 Å². The molecule has 1 atom stereocenters. The fraction of sp³-hybridized carbons (Fsp3) is 0.455. The Morgan fingerprint density at radius 3 is 2.27 bits per heavy atom. The third-order valence-electron chi connectivity index (χ3n) is 5.06. The molecule has 0 unspecified atom stereocenters. The maximum absolute atomic E-state index is 12.9. The quantitative estimate of drug-likeness (QED) is 0.823. The summed E-state index contributed by atoms with van der Waals surface area (Å²) in [6, 6.07) is 14.5. The van der Waals surface area contributed by atoms with Gasteiger partial charge in [0.1, 0.15) is 5.82 Å². The van der Waals surface area contributed by atoms with Crippen LogP contribution in [0.1, 0.15) is 37.8 Å². The highest BCUT2D eigenvalue weighted by Gasteiger charge is 2.26. The Balaban J connectivity index is 1.57. The van der Waals surface area contributed by atoms with Crippen LogP contribution in [0.2, 0.25) is 0 Å². The van der Waals surface area contributed by atoms with Gasteiger partial charge in [0, 0.05) is 32.4 Å². The zero-order valence-electron chi connectivity index (χ0n) is 16.1. The summed E-state index contributed by atoms with van der Waals surface area (Å²) in [5.41, 5.74) is 2.45. The molecule has 1 aromatic heterocycles. The summed E-state index contributed by atoms with van der Waals surface area (Å²) in [7, 11) is 0. The first-order chi connectivity index (χ1) is 12.5. The minimum Gasteiger partial charge on any atom is -0.353 e. The number of hydrogen-bond donors (Lipinski definition) is 0. The zero-order chi connectivity index (χ0) is 18.5. The third kappa shape index (κ3) is 4.43. The summed E-state index contributed by atoms with van der Waals surface area (Å²) in [6.45, 7) is 9.65. The number of amides is 1.